The number of aromatic nitrogens is 2. The Kier molecular flexibility index (Phi) is 3.26. The molecule has 0 amide bonds. The largest absolute Gasteiger partial charge is 0.485 e. The zero-order valence-electron chi connectivity index (χ0n) is 12.3. The Labute approximate surface area is 128 Å². The van der Waals surface area contributed by atoms with Crippen molar-refractivity contribution in [3.8, 4) is 11.5 Å². The molecule has 6 heteroatoms. The average molecular weight is 301 g/mol. The monoisotopic (exact) mass is 301 g/mol. The number of ether oxygens (including phenoxy) is 2. The summed E-state index contributed by atoms with van der Waals surface area (Å²) in [6, 6.07) is 7.56. The van der Waals surface area contributed by atoms with E-state index in [1.165, 1.54) is 6.42 Å². The maximum atomic E-state index is 6.44. The molecule has 2 heterocycles. The molecule has 116 valence electrons. The molecule has 1 unspecified atom stereocenters. The van der Waals surface area contributed by atoms with Gasteiger partial charge in [0, 0.05) is 0 Å². The van der Waals surface area contributed by atoms with Crippen molar-refractivity contribution in [2.45, 2.75) is 43.7 Å². The molecule has 1 aliphatic heterocycles. The molecule has 0 saturated heterocycles. The molecule has 4 rings (SSSR count). The summed E-state index contributed by atoms with van der Waals surface area (Å²) in [7, 11) is 0. The Morgan fingerprint density at radius 2 is 1.86 bits per heavy atom. The lowest BCUT2D eigenvalue weighted by molar-refractivity contribution is 0.0665. The maximum absolute atomic E-state index is 6.44. The summed E-state index contributed by atoms with van der Waals surface area (Å²) in [5.74, 6) is 2.45. The van der Waals surface area contributed by atoms with Crippen molar-refractivity contribution >= 4 is 0 Å². The molecule has 0 bridgehead atoms. The highest BCUT2D eigenvalue weighted by molar-refractivity contribution is 5.40. The van der Waals surface area contributed by atoms with E-state index in [1.54, 1.807) is 0 Å². The predicted molar refractivity (Wildman–Crippen MR) is 78.6 cm³/mol. The molecule has 2 N–H and O–H groups in total. The van der Waals surface area contributed by atoms with Crippen LogP contribution in [0.4, 0.5) is 0 Å². The standard InChI is InChI=1S/C16H19N3O3/c17-16(8-4-1-5-9-16)15-18-14(22-19-15)13-10-20-11-6-2-3-7-12(11)21-13/h2-3,6-7,13H,1,4-5,8-10,17H2. The Hall–Kier alpha value is -2.08. The second kappa shape index (κ2) is 5.28. The van der Waals surface area contributed by atoms with Crippen LogP contribution in [-0.4, -0.2) is 16.7 Å². The van der Waals surface area contributed by atoms with Gasteiger partial charge in [0.15, 0.2) is 17.3 Å². The van der Waals surface area contributed by atoms with Gasteiger partial charge in [0.1, 0.15) is 6.61 Å². The van der Waals surface area contributed by atoms with Gasteiger partial charge in [-0.1, -0.05) is 36.6 Å². The van der Waals surface area contributed by atoms with Crippen LogP contribution in [0.15, 0.2) is 28.8 Å². The van der Waals surface area contributed by atoms with E-state index < -0.39 is 5.54 Å². The molecule has 1 atom stereocenters. The number of fused-ring (bicyclic) bond motifs is 1. The van der Waals surface area contributed by atoms with Gasteiger partial charge in [-0.25, -0.2) is 0 Å². The third-order valence-corrected chi connectivity index (χ3v) is 4.42. The van der Waals surface area contributed by atoms with Crippen molar-refractivity contribution in [1.29, 1.82) is 0 Å². The fraction of sp³-hybridized carbons (Fsp3) is 0.500. The molecule has 22 heavy (non-hydrogen) atoms. The summed E-state index contributed by atoms with van der Waals surface area (Å²) >= 11 is 0. The van der Waals surface area contributed by atoms with E-state index in [1.807, 2.05) is 24.3 Å². The molecule has 1 saturated carbocycles. The van der Waals surface area contributed by atoms with E-state index in [4.69, 9.17) is 19.7 Å². The Bertz CT molecular complexity index is 664. The van der Waals surface area contributed by atoms with Crippen LogP contribution >= 0.6 is 0 Å². The van der Waals surface area contributed by atoms with E-state index in [0.29, 0.717) is 24.1 Å². The summed E-state index contributed by atoms with van der Waals surface area (Å²) in [5, 5.41) is 4.10. The van der Waals surface area contributed by atoms with Gasteiger partial charge in [0.05, 0.1) is 5.54 Å². The topological polar surface area (TPSA) is 83.4 Å². The predicted octanol–water partition coefficient (Wildman–Crippen LogP) is 2.70. The molecular weight excluding hydrogens is 282 g/mol. The minimum absolute atomic E-state index is 0.357. The van der Waals surface area contributed by atoms with Gasteiger partial charge in [-0.05, 0) is 25.0 Å². The zero-order chi connectivity index (χ0) is 15.0. The SMILES string of the molecule is NC1(c2noc(C3COc4ccccc4O3)n2)CCCCC1. The van der Waals surface area contributed by atoms with E-state index in [2.05, 4.69) is 10.1 Å². The smallest absolute Gasteiger partial charge is 0.271 e. The Morgan fingerprint density at radius 3 is 2.68 bits per heavy atom. The lowest BCUT2D eigenvalue weighted by Crippen LogP contribution is -2.39. The fourth-order valence-corrected chi connectivity index (χ4v) is 3.12. The van der Waals surface area contributed by atoms with Gasteiger partial charge < -0.3 is 19.7 Å². The van der Waals surface area contributed by atoms with E-state index >= 15 is 0 Å². The third kappa shape index (κ3) is 2.33. The van der Waals surface area contributed by atoms with Crippen molar-refractivity contribution in [3.05, 3.63) is 36.0 Å². The summed E-state index contributed by atoms with van der Waals surface area (Å²) in [6.45, 7) is 0.357. The van der Waals surface area contributed by atoms with E-state index in [0.717, 1.165) is 31.4 Å². The molecule has 1 aromatic carbocycles. The van der Waals surface area contributed by atoms with Crippen molar-refractivity contribution in [1.82, 2.24) is 10.1 Å². The molecule has 1 aromatic heterocycles. The van der Waals surface area contributed by atoms with Gasteiger partial charge in [0.25, 0.3) is 5.89 Å². The number of nitrogens with two attached hydrogens (primary N) is 1. The maximum Gasteiger partial charge on any atom is 0.271 e. The molecule has 2 aliphatic rings. The second-order valence-electron chi connectivity index (χ2n) is 6.04. The summed E-state index contributed by atoms with van der Waals surface area (Å²) < 4.78 is 17.0. The normalized spacial score (nSPS) is 23.2. The Morgan fingerprint density at radius 1 is 1.09 bits per heavy atom. The van der Waals surface area contributed by atoms with Gasteiger partial charge in [-0.3, -0.25) is 0 Å². The van der Waals surface area contributed by atoms with Crippen LogP contribution in [0.1, 0.15) is 49.9 Å². The number of hydrogen-bond donors (Lipinski definition) is 1. The first-order valence-corrected chi connectivity index (χ1v) is 7.76. The highest BCUT2D eigenvalue weighted by Gasteiger charge is 2.36. The number of hydrogen-bond acceptors (Lipinski definition) is 6. The average Bonchev–Trinajstić information content (AvgIpc) is 3.06. The van der Waals surface area contributed by atoms with Crippen LogP contribution in [0.25, 0.3) is 0 Å². The lowest BCUT2D eigenvalue weighted by atomic mass is 9.82. The molecule has 2 aromatic rings. The van der Waals surface area contributed by atoms with Gasteiger partial charge in [-0.15, -0.1) is 0 Å². The Balaban J connectivity index is 1.55. The minimum atomic E-state index is -0.465. The first kappa shape index (κ1) is 13.6. The molecule has 0 radical (unpaired) electrons. The minimum Gasteiger partial charge on any atom is -0.485 e. The molecule has 1 fully saturated rings. The highest BCUT2D eigenvalue weighted by Crippen LogP contribution is 2.37. The highest BCUT2D eigenvalue weighted by atomic mass is 16.6. The van der Waals surface area contributed by atoms with Gasteiger partial charge in [0.2, 0.25) is 6.10 Å². The fourth-order valence-electron chi connectivity index (χ4n) is 3.12. The summed E-state index contributed by atoms with van der Waals surface area (Å²) in [6.07, 6.45) is 4.85. The second-order valence-corrected chi connectivity index (χ2v) is 6.04. The van der Waals surface area contributed by atoms with Crippen LogP contribution in [0.2, 0.25) is 0 Å². The van der Waals surface area contributed by atoms with Crippen LogP contribution < -0.4 is 15.2 Å². The molecule has 1 aliphatic carbocycles. The zero-order valence-corrected chi connectivity index (χ0v) is 12.3. The number of benzene rings is 1. The molecular formula is C16H19N3O3. The lowest BCUT2D eigenvalue weighted by Gasteiger charge is -2.29. The quantitative estimate of drug-likeness (QED) is 0.918. The van der Waals surface area contributed by atoms with Crippen molar-refractivity contribution in [2.24, 2.45) is 5.73 Å². The van der Waals surface area contributed by atoms with Crippen LogP contribution in [0.5, 0.6) is 11.5 Å². The summed E-state index contributed by atoms with van der Waals surface area (Å²) in [4.78, 5) is 4.49. The number of para-hydroxylation sites is 2. The van der Waals surface area contributed by atoms with Crippen molar-refractivity contribution in [2.75, 3.05) is 6.61 Å². The van der Waals surface area contributed by atoms with Gasteiger partial charge in [-0.2, -0.15) is 4.98 Å². The van der Waals surface area contributed by atoms with E-state index in [9.17, 15) is 0 Å². The van der Waals surface area contributed by atoms with Gasteiger partial charge >= 0.3 is 0 Å². The third-order valence-electron chi connectivity index (χ3n) is 4.42. The first-order chi connectivity index (χ1) is 10.7. The van der Waals surface area contributed by atoms with E-state index in [-0.39, 0.29) is 6.10 Å². The van der Waals surface area contributed by atoms with Crippen LogP contribution in [0, 0.1) is 0 Å². The number of nitrogens with zero attached hydrogens (tertiary/aromatic N) is 2. The molecule has 6 nitrogen and oxygen atoms in total. The number of rotatable bonds is 2. The molecule has 0 spiro atoms. The van der Waals surface area contributed by atoms with Crippen molar-refractivity contribution in [3.63, 3.8) is 0 Å². The van der Waals surface area contributed by atoms with Crippen LogP contribution in [-0.2, 0) is 5.54 Å². The summed E-state index contributed by atoms with van der Waals surface area (Å²) in [5.41, 5.74) is 5.98. The van der Waals surface area contributed by atoms with Crippen molar-refractivity contribution < 1.29 is 14.0 Å². The van der Waals surface area contributed by atoms with Crippen LogP contribution in [0.3, 0.4) is 0 Å². The first-order valence-electron chi connectivity index (χ1n) is 7.76.